The number of ether oxygens (including phenoxy) is 1. The standard InChI is InChI=1S/C30H25NO2S/c1-21-29(34-26-15-9-14-25(18-26)30(32)33-2)27-17-16-24(23-12-7-4-8-13-23)19-28(27)31(21)20-22-10-5-3-6-11-22/h3-19H,20H2,1-2H3. The van der Waals surface area contributed by atoms with Crippen LogP contribution in [0.5, 0.6) is 0 Å². The second-order valence-corrected chi connectivity index (χ2v) is 9.29. The molecule has 0 aliphatic carbocycles. The molecule has 0 saturated carbocycles. The first-order valence-corrected chi connectivity index (χ1v) is 12.0. The molecule has 34 heavy (non-hydrogen) atoms. The normalized spacial score (nSPS) is 11.0. The van der Waals surface area contributed by atoms with Crippen LogP contribution in [0.2, 0.25) is 0 Å². The number of hydrogen-bond donors (Lipinski definition) is 0. The van der Waals surface area contributed by atoms with Crippen molar-refractivity contribution in [3.8, 4) is 11.1 Å². The van der Waals surface area contributed by atoms with E-state index in [9.17, 15) is 4.79 Å². The highest BCUT2D eigenvalue weighted by Gasteiger charge is 2.17. The predicted molar refractivity (Wildman–Crippen MR) is 140 cm³/mol. The predicted octanol–water partition coefficient (Wildman–Crippen LogP) is 7.60. The molecular formula is C30H25NO2S. The molecule has 0 saturated heterocycles. The Morgan fingerprint density at radius 3 is 2.29 bits per heavy atom. The maximum atomic E-state index is 12.0. The summed E-state index contributed by atoms with van der Waals surface area (Å²) in [6.07, 6.45) is 0. The van der Waals surface area contributed by atoms with E-state index in [1.807, 2.05) is 30.3 Å². The van der Waals surface area contributed by atoms with Crippen LogP contribution in [-0.4, -0.2) is 17.6 Å². The van der Waals surface area contributed by atoms with Crippen LogP contribution in [0.4, 0.5) is 0 Å². The van der Waals surface area contributed by atoms with Gasteiger partial charge in [-0.3, -0.25) is 0 Å². The van der Waals surface area contributed by atoms with Crippen LogP contribution in [0.25, 0.3) is 22.0 Å². The van der Waals surface area contributed by atoms with Gasteiger partial charge in [-0.2, -0.15) is 0 Å². The lowest BCUT2D eigenvalue weighted by Gasteiger charge is -2.10. The summed E-state index contributed by atoms with van der Waals surface area (Å²) in [4.78, 5) is 14.3. The highest BCUT2D eigenvalue weighted by Crippen LogP contribution is 2.40. The molecule has 168 valence electrons. The van der Waals surface area contributed by atoms with Crippen molar-refractivity contribution in [2.24, 2.45) is 0 Å². The summed E-state index contributed by atoms with van der Waals surface area (Å²) in [5.74, 6) is -0.321. The molecule has 3 nitrogen and oxygen atoms in total. The second kappa shape index (κ2) is 9.62. The summed E-state index contributed by atoms with van der Waals surface area (Å²) in [7, 11) is 1.41. The van der Waals surface area contributed by atoms with Crippen molar-refractivity contribution in [3.63, 3.8) is 0 Å². The number of carbonyl (C=O) groups is 1. The molecule has 0 amide bonds. The largest absolute Gasteiger partial charge is 0.465 e. The van der Waals surface area contributed by atoms with Gasteiger partial charge in [0, 0.05) is 27.4 Å². The molecule has 0 aliphatic heterocycles. The van der Waals surface area contributed by atoms with Crippen LogP contribution in [-0.2, 0) is 11.3 Å². The Bertz CT molecular complexity index is 1460. The number of benzene rings is 4. The van der Waals surface area contributed by atoms with Gasteiger partial charge in [-0.1, -0.05) is 90.6 Å². The van der Waals surface area contributed by atoms with E-state index in [-0.39, 0.29) is 5.97 Å². The van der Waals surface area contributed by atoms with E-state index in [2.05, 4.69) is 78.2 Å². The number of rotatable bonds is 6. The minimum atomic E-state index is -0.321. The third kappa shape index (κ3) is 4.37. The minimum absolute atomic E-state index is 0.321. The summed E-state index contributed by atoms with van der Waals surface area (Å²) in [5.41, 5.74) is 6.63. The lowest BCUT2D eigenvalue weighted by molar-refractivity contribution is 0.0600. The molecule has 4 aromatic carbocycles. The average Bonchev–Trinajstić information content (AvgIpc) is 3.14. The molecular weight excluding hydrogens is 438 g/mol. The fraction of sp³-hybridized carbons (Fsp3) is 0.100. The third-order valence-electron chi connectivity index (χ3n) is 6.03. The number of aromatic nitrogens is 1. The average molecular weight is 464 g/mol. The molecule has 4 heteroatoms. The van der Waals surface area contributed by atoms with Crippen LogP contribution in [0.1, 0.15) is 21.6 Å². The molecule has 0 N–H and O–H groups in total. The van der Waals surface area contributed by atoms with Gasteiger partial charge in [0.2, 0.25) is 0 Å². The minimum Gasteiger partial charge on any atom is -0.465 e. The van der Waals surface area contributed by atoms with E-state index < -0.39 is 0 Å². The number of nitrogens with zero attached hydrogens (tertiary/aromatic N) is 1. The Kier molecular flexibility index (Phi) is 6.24. The molecule has 0 atom stereocenters. The fourth-order valence-corrected chi connectivity index (χ4v) is 5.38. The monoisotopic (exact) mass is 463 g/mol. The van der Waals surface area contributed by atoms with E-state index in [0.29, 0.717) is 5.56 Å². The van der Waals surface area contributed by atoms with Crippen molar-refractivity contribution in [1.82, 2.24) is 4.57 Å². The Hall–Kier alpha value is -3.76. The summed E-state index contributed by atoms with van der Waals surface area (Å²) in [5, 5.41) is 1.21. The lowest BCUT2D eigenvalue weighted by Crippen LogP contribution is -2.02. The number of hydrogen-bond acceptors (Lipinski definition) is 3. The van der Waals surface area contributed by atoms with E-state index in [1.54, 1.807) is 17.8 Å². The van der Waals surface area contributed by atoms with Crippen molar-refractivity contribution < 1.29 is 9.53 Å². The van der Waals surface area contributed by atoms with Gasteiger partial charge < -0.3 is 9.30 Å². The second-order valence-electron chi connectivity index (χ2n) is 8.21. The maximum Gasteiger partial charge on any atom is 0.337 e. The highest BCUT2D eigenvalue weighted by atomic mass is 32.2. The molecule has 0 bridgehead atoms. The Balaban J connectivity index is 1.63. The van der Waals surface area contributed by atoms with Gasteiger partial charge in [-0.25, -0.2) is 4.79 Å². The number of esters is 1. The summed E-state index contributed by atoms with van der Waals surface area (Å²) in [6.45, 7) is 2.97. The van der Waals surface area contributed by atoms with Crippen LogP contribution in [0, 0.1) is 6.92 Å². The van der Waals surface area contributed by atoms with Gasteiger partial charge in [-0.15, -0.1) is 0 Å². The van der Waals surface area contributed by atoms with Crippen LogP contribution in [0.15, 0.2) is 113 Å². The van der Waals surface area contributed by atoms with Gasteiger partial charge in [0.25, 0.3) is 0 Å². The van der Waals surface area contributed by atoms with E-state index >= 15 is 0 Å². The Labute approximate surface area is 204 Å². The number of fused-ring (bicyclic) bond motifs is 1. The molecule has 0 aliphatic rings. The van der Waals surface area contributed by atoms with Crippen LogP contribution in [0.3, 0.4) is 0 Å². The van der Waals surface area contributed by atoms with E-state index in [0.717, 1.165) is 11.4 Å². The topological polar surface area (TPSA) is 31.2 Å². The SMILES string of the molecule is COC(=O)c1cccc(Sc2c(C)n(Cc3ccccc3)c3cc(-c4ccccc4)ccc23)c1. The van der Waals surface area contributed by atoms with Crippen molar-refractivity contribution in [1.29, 1.82) is 0 Å². The molecule has 1 heterocycles. The first kappa shape index (κ1) is 22.1. The third-order valence-corrected chi connectivity index (χ3v) is 7.24. The smallest absolute Gasteiger partial charge is 0.337 e. The zero-order valence-electron chi connectivity index (χ0n) is 19.2. The molecule has 0 radical (unpaired) electrons. The Morgan fingerprint density at radius 2 is 1.56 bits per heavy atom. The zero-order chi connectivity index (χ0) is 23.5. The van der Waals surface area contributed by atoms with Gasteiger partial charge in [0.05, 0.1) is 18.2 Å². The highest BCUT2D eigenvalue weighted by molar-refractivity contribution is 7.99. The van der Waals surface area contributed by atoms with Gasteiger partial charge in [-0.05, 0) is 47.9 Å². The lowest BCUT2D eigenvalue weighted by atomic mass is 10.0. The van der Waals surface area contributed by atoms with Crippen molar-refractivity contribution in [2.45, 2.75) is 23.3 Å². The van der Waals surface area contributed by atoms with Crippen molar-refractivity contribution in [2.75, 3.05) is 7.11 Å². The maximum absolute atomic E-state index is 12.0. The van der Waals surface area contributed by atoms with Crippen molar-refractivity contribution >= 4 is 28.6 Å². The summed E-state index contributed by atoms with van der Waals surface area (Å²) >= 11 is 1.69. The summed E-state index contributed by atoms with van der Waals surface area (Å²) in [6, 6.07) is 35.4. The van der Waals surface area contributed by atoms with Gasteiger partial charge in [0.15, 0.2) is 0 Å². The van der Waals surface area contributed by atoms with E-state index in [1.165, 1.54) is 45.3 Å². The molecule has 0 unspecified atom stereocenters. The summed E-state index contributed by atoms with van der Waals surface area (Å²) < 4.78 is 7.30. The van der Waals surface area contributed by atoms with Crippen LogP contribution >= 0.6 is 11.8 Å². The fourth-order valence-electron chi connectivity index (χ4n) is 4.28. The zero-order valence-corrected chi connectivity index (χ0v) is 20.0. The van der Waals surface area contributed by atoms with Gasteiger partial charge in [0.1, 0.15) is 0 Å². The quantitative estimate of drug-likeness (QED) is 0.243. The molecule has 0 fully saturated rings. The molecule has 1 aromatic heterocycles. The first-order valence-electron chi connectivity index (χ1n) is 11.2. The number of carbonyl (C=O) groups excluding carboxylic acids is 1. The van der Waals surface area contributed by atoms with Gasteiger partial charge >= 0.3 is 5.97 Å². The van der Waals surface area contributed by atoms with E-state index in [4.69, 9.17) is 4.74 Å². The first-order chi connectivity index (χ1) is 16.6. The molecule has 5 rings (SSSR count). The van der Waals surface area contributed by atoms with Crippen molar-refractivity contribution in [3.05, 3.63) is 120 Å². The van der Waals surface area contributed by atoms with Crippen LogP contribution < -0.4 is 0 Å². The molecule has 0 spiro atoms. The number of methoxy groups -OCH3 is 1. The Morgan fingerprint density at radius 1 is 0.824 bits per heavy atom. The molecule has 5 aromatic rings.